The topological polar surface area (TPSA) is 87.1 Å². The second kappa shape index (κ2) is 6.48. The van der Waals surface area contributed by atoms with Crippen LogP contribution in [0.5, 0.6) is 5.75 Å². The normalized spacial score (nSPS) is 14.0. The van der Waals surface area contributed by atoms with Gasteiger partial charge in [-0.05, 0) is 48.7 Å². The van der Waals surface area contributed by atoms with Gasteiger partial charge in [0.1, 0.15) is 11.6 Å². The third-order valence-corrected chi connectivity index (χ3v) is 3.57. The van der Waals surface area contributed by atoms with E-state index in [1.807, 2.05) is 6.07 Å². The van der Waals surface area contributed by atoms with Gasteiger partial charge in [-0.1, -0.05) is 6.07 Å². The molecule has 0 bridgehead atoms. The lowest BCUT2D eigenvalue weighted by Crippen LogP contribution is -2.22. The highest BCUT2D eigenvalue weighted by Gasteiger charge is 2.22. The first kappa shape index (κ1) is 15.0. The minimum atomic E-state index is -0.107. The maximum absolute atomic E-state index is 11.6. The van der Waals surface area contributed by atoms with Crippen molar-refractivity contribution in [3.8, 4) is 17.0 Å². The van der Waals surface area contributed by atoms with E-state index in [0.717, 1.165) is 18.4 Å². The molecule has 1 aliphatic rings. The van der Waals surface area contributed by atoms with Crippen LogP contribution >= 0.6 is 0 Å². The van der Waals surface area contributed by atoms with Crippen molar-refractivity contribution in [2.75, 3.05) is 12.4 Å². The predicted molar refractivity (Wildman–Crippen MR) is 88.9 cm³/mol. The van der Waals surface area contributed by atoms with Crippen LogP contribution in [-0.4, -0.2) is 34.3 Å². The van der Waals surface area contributed by atoms with Crippen LogP contribution in [0.1, 0.15) is 18.4 Å². The molecule has 6 heteroatoms. The number of phenolic OH excluding ortho intramolecular Hbond substituents is 1. The summed E-state index contributed by atoms with van der Waals surface area (Å²) in [7, 11) is 1.77. The van der Waals surface area contributed by atoms with Gasteiger partial charge < -0.3 is 15.7 Å². The fourth-order valence-corrected chi connectivity index (χ4v) is 2.13. The summed E-state index contributed by atoms with van der Waals surface area (Å²) in [4.78, 5) is 11.6. The molecule has 1 aliphatic carbocycles. The van der Waals surface area contributed by atoms with Gasteiger partial charge in [0.15, 0.2) is 0 Å². The number of hydrogen-bond donors (Lipinski definition) is 3. The van der Waals surface area contributed by atoms with Crippen LogP contribution in [0.3, 0.4) is 0 Å². The molecule has 1 aromatic heterocycles. The molecule has 2 aromatic rings. The van der Waals surface area contributed by atoms with Gasteiger partial charge in [-0.15, -0.1) is 10.2 Å². The van der Waals surface area contributed by atoms with Gasteiger partial charge in [0.25, 0.3) is 0 Å². The largest absolute Gasteiger partial charge is 0.507 e. The van der Waals surface area contributed by atoms with E-state index in [1.165, 1.54) is 6.08 Å². The van der Waals surface area contributed by atoms with Crippen LogP contribution in [-0.2, 0) is 4.79 Å². The number of rotatable bonds is 5. The zero-order valence-corrected chi connectivity index (χ0v) is 12.8. The Balaban J connectivity index is 1.74. The average molecular weight is 310 g/mol. The molecule has 1 saturated carbocycles. The van der Waals surface area contributed by atoms with Crippen molar-refractivity contribution in [3.05, 3.63) is 42.0 Å². The number of benzene rings is 1. The summed E-state index contributed by atoms with van der Waals surface area (Å²) in [6, 6.07) is 9.09. The van der Waals surface area contributed by atoms with Gasteiger partial charge in [0.2, 0.25) is 5.91 Å². The van der Waals surface area contributed by atoms with Gasteiger partial charge in [-0.2, -0.15) is 0 Å². The van der Waals surface area contributed by atoms with Crippen molar-refractivity contribution in [2.24, 2.45) is 0 Å². The number of hydrogen-bond acceptors (Lipinski definition) is 5. The fourth-order valence-electron chi connectivity index (χ4n) is 2.13. The number of aromatic hydroxyl groups is 1. The first-order valence-electron chi connectivity index (χ1n) is 7.49. The Morgan fingerprint density at radius 3 is 2.70 bits per heavy atom. The Hall–Kier alpha value is -2.89. The van der Waals surface area contributed by atoms with Crippen molar-refractivity contribution in [2.45, 2.75) is 18.9 Å². The SMILES string of the molecule is CNc1ccc(-c2ccc(/C=C/C(=O)NC3CC3)cc2O)nn1. The highest BCUT2D eigenvalue weighted by atomic mass is 16.3. The molecule has 1 amide bonds. The number of amides is 1. The molecule has 23 heavy (non-hydrogen) atoms. The maximum atomic E-state index is 11.6. The molecule has 0 atom stereocenters. The first-order chi connectivity index (χ1) is 11.2. The quantitative estimate of drug-likeness (QED) is 0.737. The third kappa shape index (κ3) is 3.85. The molecule has 3 rings (SSSR count). The highest BCUT2D eigenvalue weighted by Crippen LogP contribution is 2.29. The van der Waals surface area contributed by atoms with Crippen LogP contribution in [0.25, 0.3) is 17.3 Å². The molecular formula is C17H18N4O2. The van der Waals surface area contributed by atoms with E-state index in [0.29, 0.717) is 23.1 Å². The predicted octanol–water partition coefficient (Wildman–Crippen LogP) is 2.18. The van der Waals surface area contributed by atoms with Gasteiger partial charge in [-0.25, -0.2) is 0 Å². The molecular weight excluding hydrogens is 292 g/mol. The highest BCUT2D eigenvalue weighted by molar-refractivity contribution is 5.92. The van der Waals surface area contributed by atoms with Crippen molar-refractivity contribution in [3.63, 3.8) is 0 Å². The summed E-state index contributed by atoms with van der Waals surface area (Å²) in [5.41, 5.74) is 1.93. The third-order valence-electron chi connectivity index (χ3n) is 3.57. The Kier molecular flexibility index (Phi) is 4.23. The molecule has 1 fully saturated rings. The number of carbonyl (C=O) groups is 1. The van der Waals surface area contributed by atoms with Crippen molar-refractivity contribution in [1.29, 1.82) is 0 Å². The minimum absolute atomic E-state index is 0.0984. The second-order valence-electron chi connectivity index (χ2n) is 5.45. The number of carbonyl (C=O) groups excluding carboxylic acids is 1. The van der Waals surface area contributed by atoms with Gasteiger partial charge in [-0.3, -0.25) is 4.79 Å². The van der Waals surface area contributed by atoms with Crippen LogP contribution in [0.15, 0.2) is 36.4 Å². The molecule has 0 spiro atoms. The van der Waals surface area contributed by atoms with E-state index in [2.05, 4.69) is 20.8 Å². The molecule has 1 heterocycles. The fraction of sp³-hybridized carbons (Fsp3) is 0.235. The second-order valence-corrected chi connectivity index (χ2v) is 5.45. The van der Waals surface area contributed by atoms with Gasteiger partial charge in [0.05, 0.1) is 5.69 Å². The molecule has 0 saturated heterocycles. The van der Waals surface area contributed by atoms with Crippen molar-refractivity contribution >= 4 is 17.8 Å². The zero-order valence-electron chi connectivity index (χ0n) is 12.8. The van der Waals surface area contributed by atoms with Crippen LogP contribution in [0, 0.1) is 0 Å². The molecule has 1 aromatic carbocycles. The molecule has 0 unspecified atom stereocenters. The lowest BCUT2D eigenvalue weighted by atomic mass is 10.1. The molecule has 6 nitrogen and oxygen atoms in total. The summed E-state index contributed by atoms with van der Waals surface area (Å²) in [5.74, 6) is 0.653. The number of phenols is 1. The maximum Gasteiger partial charge on any atom is 0.244 e. The molecule has 118 valence electrons. The van der Waals surface area contributed by atoms with Crippen LogP contribution < -0.4 is 10.6 Å². The summed E-state index contributed by atoms with van der Waals surface area (Å²) >= 11 is 0. The zero-order chi connectivity index (χ0) is 16.2. The molecule has 0 radical (unpaired) electrons. The Bertz CT molecular complexity index is 737. The minimum Gasteiger partial charge on any atom is -0.507 e. The van der Waals surface area contributed by atoms with Crippen LogP contribution in [0.2, 0.25) is 0 Å². The standard InChI is InChI=1S/C17H18N4O2/c1-18-16-8-7-14(20-21-16)13-6-2-11(10-15(13)22)3-9-17(23)19-12-4-5-12/h2-3,6-10,12,22H,4-5H2,1H3,(H,18,21)(H,19,23)/b9-3+. The lowest BCUT2D eigenvalue weighted by Gasteiger charge is -2.05. The Labute approximate surface area is 134 Å². The summed E-state index contributed by atoms with van der Waals surface area (Å²) < 4.78 is 0. The van der Waals surface area contributed by atoms with E-state index in [9.17, 15) is 9.90 Å². The summed E-state index contributed by atoms with van der Waals surface area (Å²) in [6.07, 6.45) is 5.27. The number of anilines is 1. The molecule has 0 aliphatic heterocycles. The average Bonchev–Trinajstić information content (AvgIpc) is 3.37. The van der Waals surface area contributed by atoms with E-state index in [4.69, 9.17) is 0 Å². The first-order valence-corrected chi connectivity index (χ1v) is 7.49. The Morgan fingerprint density at radius 1 is 1.26 bits per heavy atom. The van der Waals surface area contributed by atoms with E-state index >= 15 is 0 Å². The van der Waals surface area contributed by atoms with E-state index < -0.39 is 0 Å². The van der Waals surface area contributed by atoms with Crippen LogP contribution in [0.4, 0.5) is 5.82 Å². The number of nitrogens with zero attached hydrogens (tertiary/aromatic N) is 2. The monoisotopic (exact) mass is 310 g/mol. The smallest absolute Gasteiger partial charge is 0.244 e. The van der Waals surface area contributed by atoms with Crippen molar-refractivity contribution in [1.82, 2.24) is 15.5 Å². The number of aromatic nitrogens is 2. The van der Waals surface area contributed by atoms with Gasteiger partial charge >= 0.3 is 0 Å². The summed E-state index contributed by atoms with van der Waals surface area (Å²) in [6.45, 7) is 0. The Morgan fingerprint density at radius 2 is 2.09 bits per heavy atom. The van der Waals surface area contributed by atoms with Crippen molar-refractivity contribution < 1.29 is 9.90 Å². The van der Waals surface area contributed by atoms with Gasteiger partial charge in [0, 0.05) is 24.7 Å². The van der Waals surface area contributed by atoms with E-state index in [1.54, 1.807) is 37.4 Å². The summed E-state index contributed by atoms with van der Waals surface area (Å²) in [5, 5.41) is 24.0. The van der Waals surface area contributed by atoms with E-state index in [-0.39, 0.29) is 11.7 Å². The number of nitrogens with one attached hydrogen (secondary N) is 2. The lowest BCUT2D eigenvalue weighted by molar-refractivity contribution is -0.116. The molecule has 3 N–H and O–H groups in total.